The van der Waals surface area contributed by atoms with Crippen LogP contribution in [0, 0.1) is 0 Å². The van der Waals surface area contributed by atoms with Crippen molar-refractivity contribution in [1.29, 1.82) is 0 Å². The van der Waals surface area contributed by atoms with Crippen LogP contribution in [0.1, 0.15) is 0 Å². The molecule has 0 unspecified atom stereocenters. The molecule has 0 aromatic heterocycles. The highest BCUT2D eigenvalue weighted by Crippen LogP contribution is 2.29. The summed E-state index contributed by atoms with van der Waals surface area (Å²) in [5, 5.41) is 6.66. The van der Waals surface area contributed by atoms with Crippen LogP contribution in [0.15, 0.2) is 48.5 Å². The van der Waals surface area contributed by atoms with Gasteiger partial charge in [0.2, 0.25) is 5.91 Å². The highest BCUT2D eigenvalue weighted by atomic mass is 35.5. The molecule has 0 bridgehead atoms. The van der Waals surface area contributed by atoms with Gasteiger partial charge < -0.3 is 10.6 Å². The average molecular weight is 295 g/mol. The Morgan fingerprint density at radius 2 is 1.58 bits per heavy atom. The van der Waals surface area contributed by atoms with Crippen LogP contribution in [0.3, 0.4) is 0 Å². The van der Waals surface area contributed by atoms with Gasteiger partial charge in [-0.2, -0.15) is 0 Å². The Labute approximate surface area is 121 Å². The highest BCUT2D eigenvalue weighted by molar-refractivity contribution is 6.39. The molecule has 0 saturated carbocycles. The SMILES string of the molecule is O=C(CNc1c(Cl)cccc1Cl)Nc1ccccc1. The molecule has 0 radical (unpaired) electrons. The van der Waals surface area contributed by atoms with Crippen molar-refractivity contribution in [3.63, 3.8) is 0 Å². The first kappa shape index (κ1) is 13.7. The Bertz CT molecular complexity index is 553. The molecule has 2 rings (SSSR count). The third kappa shape index (κ3) is 3.88. The number of amides is 1. The van der Waals surface area contributed by atoms with E-state index in [9.17, 15) is 4.79 Å². The molecule has 3 nitrogen and oxygen atoms in total. The van der Waals surface area contributed by atoms with E-state index in [1.165, 1.54) is 0 Å². The van der Waals surface area contributed by atoms with Crippen molar-refractivity contribution in [3.05, 3.63) is 58.6 Å². The molecule has 0 heterocycles. The van der Waals surface area contributed by atoms with E-state index >= 15 is 0 Å². The lowest BCUT2D eigenvalue weighted by molar-refractivity contribution is -0.114. The highest BCUT2D eigenvalue weighted by Gasteiger charge is 2.07. The zero-order valence-electron chi connectivity index (χ0n) is 9.99. The number of para-hydroxylation sites is 2. The minimum absolute atomic E-state index is 0.0956. The molecule has 0 aliphatic carbocycles. The van der Waals surface area contributed by atoms with Gasteiger partial charge in [0.1, 0.15) is 0 Å². The Morgan fingerprint density at radius 1 is 0.947 bits per heavy atom. The van der Waals surface area contributed by atoms with Crippen LogP contribution in [-0.4, -0.2) is 12.5 Å². The Balaban J connectivity index is 1.94. The fourth-order valence-corrected chi connectivity index (χ4v) is 2.09. The monoisotopic (exact) mass is 294 g/mol. The van der Waals surface area contributed by atoms with E-state index in [0.717, 1.165) is 5.69 Å². The summed E-state index contributed by atoms with van der Waals surface area (Å²) in [5.74, 6) is -0.165. The Hall–Kier alpha value is -1.71. The molecule has 2 aromatic rings. The molecule has 0 atom stereocenters. The molecule has 0 aliphatic heterocycles. The summed E-state index contributed by atoms with van der Waals surface area (Å²) in [7, 11) is 0. The van der Waals surface area contributed by atoms with Crippen molar-refractivity contribution < 1.29 is 4.79 Å². The molecule has 0 aliphatic rings. The second kappa shape index (κ2) is 6.45. The van der Waals surface area contributed by atoms with Gasteiger partial charge in [-0.25, -0.2) is 0 Å². The summed E-state index contributed by atoms with van der Waals surface area (Å²) in [5.41, 5.74) is 1.31. The molecular formula is C14H12Cl2N2O. The van der Waals surface area contributed by atoms with E-state index in [1.807, 2.05) is 30.3 Å². The minimum Gasteiger partial charge on any atom is -0.374 e. The predicted molar refractivity (Wildman–Crippen MR) is 80.0 cm³/mol. The molecule has 0 fully saturated rings. The van der Waals surface area contributed by atoms with Crippen LogP contribution in [0.2, 0.25) is 10.0 Å². The number of halogens is 2. The van der Waals surface area contributed by atoms with Gasteiger partial charge in [-0.05, 0) is 24.3 Å². The Morgan fingerprint density at radius 3 is 2.21 bits per heavy atom. The predicted octanol–water partition coefficient (Wildman–Crippen LogP) is 4.04. The first-order chi connectivity index (χ1) is 9.16. The molecule has 0 saturated heterocycles. The van der Waals surface area contributed by atoms with Crippen molar-refractivity contribution in [2.45, 2.75) is 0 Å². The lowest BCUT2D eigenvalue weighted by Crippen LogP contribution is -2.21. The van der Waals surface area contributed by atoms with Crippen molar-refractivity contribution in [2.24, 2.45) is 0 Å². The number of anilines is 2. The van der Waals surface area contributed by atoms with Gasteiger partial charge in [-0.15, -0.1) is 0 Å². The molecule has 98 valence electrons. The van der Waals surface area contributed by atoms with Crippen molar-refractivity contribution >= 4 is 40.5 Å². The van der Waals surface area contributed by atoms with E-state index in [4.69, 9.17) is 23.2 Å². The summed E-state index contributed by atoms with van der Waals surface area (Å²) in [4.78, 5) is 11.7. The number of benzene rings is 2. The molecule has 1 amide bonds. The molecule has 5 heteroatoms. The number of hydrogen-bond acceptors (Lipinski definition) is 2. The molecule has 19 heavy (non-hydrogen) atoms. The molecular weight excluding hydrogens is 283 g/mol. The van der Waals surface area contributed by atoms with Crippen LogP contribution in [0.5, 0.6) is 0 Å². The summed E-state index contributed by atoms with van der Waals surface area (Å²) in [6.07, 6.45) is 0. The number of carbonyl (C=O) groups excluding carboxylic acids is 1. The second-order valence-corrected chi connectivity index (χ2v) is 4.68. The molecule has 0 spiro atoms. The normalized spacial score (nSPS) is 10.0. The van der Waals surface area contributed by atoms with E-state index in [0.29, 0.717) is 15.7 Å². The number of nitrogens with one attached hydrogen (secondary N) is 2. The van der Waals surface area contributed by atoms with Crippen LogP contribution in [-0.2, 0) is 4.79 Å². The lowest BCUT2D eigenvalue weighted by atomic mass is 10.3. The fourth-order valence-electron chi connectivity index (χ4n) is 1.56. The quantitative estimate of drug-likeness (QED) is 0.893. The zero-order valence-corrected chi connectivity index (χ0v) is 11.5. The summed E-state index contributed by atoms with van der Waals surface area (Å²) in [6.45, 7) is 0.0956. The van der Waals surface area contributed by atoms with Crippen LogP contribution in [0.4, 0.5) is 11.4 Å². The largest absolute Gasteiger partial charge is 0.374 e. The van der Waals surface area contributed by atoms with Gasteiger partial charge in [0, 0.05) is 5.69 Å². The van der Waals surface area contributed by atoms with Gasteiger partial charge in [0.05, 0.1) is 22.3 Å². The maximum Gasteiger partial charge on any atom is 0.243 e. The lowest BCUT2D eigenvalue weighted by Gasteiger charge is -2.10. The van der Waals surface area contributed by atoms with E-state index in [1.54, 1.807) is 18.2 Å². The first-order valence-corrected chi connectivity index (χ1v) is 6.45. The van der Waals surface area contributed by atoms with Gasteiger partial charge in [-0.3, -0.25) is 4.79 Å². The fraction of sp³-hybridized carbons (Fsp3) is 0.0714. The van der Waals surface area contributed by atoms with E-state index in [2.05, 4.69) is 10.6 Å². The average Bonchev–Trinajstić information content (AvgIpc) is 2.39. The van der Waals surface area contributed by atoms with Gasteiger partial charge in [0.15, 0.2) is 0 Å². The number of rotatable bonds is 4. The maximum absolute atomic E-state index is 11.7. The smallest absolute Gasteiger partial charge is 0.243 e. The number of hydrogen-bond donors (Lipinski definition) is 2. The minimum atomic E-state index is -0.165. The Kier molecular flexibility index (Phi) is 4.66. The maximum atomic E-state index is 11.7. The van der Waals surface area contributed by atoms with Gasteiger partial charge >= 0.3 is 0 Å². The summed E-state index contributed by atoms with van der Waals surface area (Å²) in [6, 6.07) is 14.4. The van der Waals surface area contributed by atoms with Crippen molar-refractivity contribution in [2.75, 3.05) is 17.2 Å². The molecule has 2 N–H and O–H groups in total. The summed E-state index contributed by atoms with van der Waals surface area (Å²) < 4.78 is 0. The standard InChI is InChI=1S/C14H12Cl2N2O/c15-11-7-4-8-12(16)14(11)17-9-13(19)18-10-5-2-1-3-6-10/h1-8,17H,9H2,(H,18,19). The molecule has 2 aromatic carbocycles. The third-order valence-corrected chi connectivity index (χ3v) is 3.08. The van der Waals surface area contributed by atoms with Crippen LogP contribution < -0.4 is 10.6 Å². The van der Waals surface area contributed by atoms with Crippen LogP contribution in [0.25, 0.3) is 0 Å². The summed E-state index contributed by atoms with van der Waals surface area (Å²) >= 11 is 12.0. The van der Waals surface area contributed by atoms with E-state index < -0.39 is 0 Å². The van der Waals surface area contributed by atoms with Crippen LogP contribution >= 0.6 is 23.2 Å². The number of carbonyl (C=O) groups is 1. The van der Waals surface area contributed by atoms with Gasteiger partial charge in [0.25, 0.3) is 0 Å². The third-order valence-electron chi connectivity index (χ3n) is 2.45. The first-order valence-electron chi connectivity index (χ1n) is 5.69. The van der Waals surface area contributed by atoms with Crippen molar-refractivity contribution in [1.82, 2.24) is 0 Å². The topological polar surface area (TPSA) is 41.1 Å². The zero-order chi connectivity index (χ0) is 13.7. The second-order valence-electron chi connectivity index (χ2n) is 3.86. The van der Waals surface area contributed by atoms with Gasteiger partial charge in [-0.1, -0.05) is 47.5 Å². The van der Waals surface area contributed by atoms with E-state index in [-0.39, 0.29) is 12.5 Å². The van der Waals surface area contributed by atoms with Crippen molar-refractivity contribution in [3.8, 4) is 0 Å².